The molecule has 1 aliphatic heterocycles. The molecule has 0 fully saturated rings. The van der Waals surface area contributed by atoms with Crippen LogP contribution >= 0.6 is 0 Å². The summed E-state index contributed by atoms with van der Waals surface area (Å²) in [5, 5.41) is 13.3. The van der Waals surface area contributed by atoms with Gasteiger partial charge in [-0.15, -0.1) is 0 Å². The first-order valence-electron chi connectivity index (χ1n) is 6.16. The molecule has 2 heterocycles. The number of aryl methyl sites for hydroxylation is 1. The molecule has 3 N–H and O–H groups in total. The van der Waals surface area contributed by atoms with Crippen LogP contribution in [0.15, 0.2) is 24.3 Å². The summed E-state index contributed by atoms with van der Waals surface area (Å²) in [7, 11) is 0. The lowest BCUT2D eigenvalue weighted by molar-refractivity contribution is 0.0697. The van der Waals surface area contributed by atoms with Crippen LogP contribution in [-0.2, 0) is 13.0 Å². The summed E-state index contributed by atoms with van der Waals surface area (Å²) < 4.78 is 1.88. The lowest BCUT2D eigenvalue weighted by atomic mass is 10.1. The van der Waals surface area contributed by atoms with Crippen molar-refractivity contribution in [1.29, 1.82) is 0 Å². The number of nitrogens with two attached hydrogens (primary N) is 1. The molecule has 0 radical (unpaired) electrons. The largest absolute Gasteiger partial charge is 0.478 e. The molecule has 6 heteroatoms. The number of carboxylic acid groups (broad SMARTS) is 1. The molecule has 3 rings (SSSR count). The maximum Gasteiger partial charge on any atom is 0.335 e. The third kappa shape index (κ3) is 2.22. The van der Waals surface area contributed by atoms with Gasteiger partial charge in [0.25, 0.3) is 0 Å². The predicted octanol–water partition coefficient (Wildman–Crippen LogP) is 0.917. The van der Waals surface area contributed by atoms with Crippen molar-refractivity contribution < 1.29 is 9.90 Å². The topological polar surface area (TPSA) is 94.0 Å². The van der Waals surface area contributed by atoms with Crippen molar-refractivity contribution in [3.63, 3.8) is 0 Å². The zero-order chi connectivity index (χ0) is 13.4. The lowest BCUT2D eigenvalue weighted by Crippen LogP contribution is -2.31. The van der Waals surface area contributed by atoms with Gasteiger partial charge < -0.3 is 10.8 Å². The van der Waals surface area contributed by atoms with Gasteiger partial charge in [-0.3, -0.25) is 0 Å². The Balaban J connectivity index is 1.92. The predicted molar refractivity (Wildman–Crippen MR) is 68.7 cm³/mol. The third-order valence-electron chi connectivity index (χ3n) is 3.29. The molecule has 6 nitrogen and oxygen atoms in total. The highest BCUT2D eigenvalue weighted by Crippen LogP contribution is 2.19. The fraction of sp³-hybridized carbons (Fsp3) is 0.308. The van der Waals surface area contributed by atoms with Gasteiger partial charge in [-0.05, 0) is 18.6 Å². The summed E-state index contributed by atoms with van der Waals surface area (Å²) in [5.74, 6) is 0.590. The number of rotatable bonds is 2. The van der Waals surface area contributed by atoms with Gasteiger partial charge in [-0.2, -0.15) is 5.10 Å². The van der Waals surface area contributed by atoms with Crippen LogP contribution in [0.5, 0.6) is 0 Å². The number of hydrogen-bond donors (Lipinski definition) is 2. The summed E-state index contributed by atoms with van der Waals surface area (Å²) in [6.07, 6.45) is 1.65. The molecule has 1 aliphatic rings. The van der Waals surface area contributed by atoms with Gasteiger partial charge in [0, 0.05) is 24.6 Å². The minimum absolute atomic E-state index is 0.152. The lowest BCUT2D eigenvalue weighted by Gasteiger charge is -2.17. The molecule has 1 aromatic heterocycles. The average molecular weight is 258 g/mol. The van der Waals surface area contributed by atoms with Crippen molar-refractivity contribution in [2.24, 2.45) is 5.73 Å². The van der Waals surface area contributed by atoms with Crippen molar-refractivity contribution >= 4 is 5.97 Å². The van der Waals surface area contributed by atoms with Gasteiger partial charge in [0.15, 0.2) is 5.82 Å². The van der Waals surface area contributed by atoms with Gasteiger partial charge in [-0.25, -0.2) is 14.5 Å². The van der Waals surface area contributed by atoms with E-state index >= 15 is 0 Å². The van der Waals surface area contributed by atoms with E-state index in [-0.39, 0.29) is 11.6 Å². The number of nitrogens with zero attached hydrogens (tertiary/aromatic N) is 3. The highest BCUT2D eigenvalue weighted by molar-refractivity contribution is 5.88. The van der Waals surface area contributed by atoms with E-state index in [2.05, 4.69) is 10.1 Å². The van der Waals surface area contributed by atoms with Crippen LogP contribution < -0.4 is 5.73 Å². The smallest absolute Gasteiger partial charge is 0.335 e. The number of benzene rings is 1. The molecule has 0 aliphatic carbocycles. The Morgan fingerprint density at radius 3 is 2.79 bits per heavy atom. The first kappa shape index (κ1) is 11.9. The highest BCUT2D eigenvalue weighted by atomic mass is 16.4. The van der Waals surface area contributed by atoms with Crippen LogP contribution in [0.3, 0.4) is 0 Å². The Kier molecular flexibility index (Phi) is 2.79. The maximum atomic E-state index is 10.8. The third-order valence-corrected chi connectivity index (χ3v) is 3.29. The van der Waals surface area contributed by atoms with E-state index in [1.54, 1.807) is 24.3 Å². The average Bonchev–Trinajstić information content (AvgIpc) is 2.81. The van der Waals surface area contributed by atoms with E-state index in [1.165, 1.54) is 0 Å². The van der Waals surface area contributed by atoms with Gasteiger partial charge in [0.05, 0.1) is 5.56 Å². The number of carbonyl (C=O) groups is 1. The number of carboxylic acids is 1. The summed E-state index contributed by atoms with van der Waals surface area (Å²) in [6, 6.07) is 6.72. The highest BCUT2D eigenvalue weighted by Gasteiger charge is 2.19. The Morgan fingerprint density at radius 1 is 1.37 bits per heavy atom. The monoisotopic (exact) mass is 258 g/mol. The Hall–Kier alpha value is -2.21. The zero-order valence-corrected chi connectivity index (χ0v) is 10.3. The van der Waals surface area contributed by atoms with E-state index in [9.17, 15) is 4.79 Å². The minimum atomic E-state index is -0.936. The quantitative estimate of drug-likeness (QED) is 0.835. The molecule has 0 saturated carbocycles. The van der Waals surface area contributed by atoms with Crippen LogP contribution in [0.25, 0.3) is 11.4 Å². The molecule has 2 aromatic rings. The Bertz CT molecular complexity index is 618. The number of aromatic nitrogens is 3. The van der Waals surface area contributed by atoms with E-state index in [4.69, 9.17) is 10.8 Å². The Labute approximate surface area is 109 Å². The Morgan fingerprint density at radius 2 is 2.11 bits per heavy atom. The van der Waals surface area contributed by atoms with Crippen LogP contribution in [0.2, 0.25) is 0 Å². The fourth-order valence-electron chi connectivity index (χ4n) is 2.21. The van der Waals surface area contributed by atoms with Crippen molar-refractivity contribution in [2.45, 2.75) is 25.4 Å². The van der Waals surface area contributed by atoms with Crippen molar-refractivity contribution in [2.75, 3.05) is 0 Å². The van der Waals surface area contributed by atoms with Crippen LogP contribution in [0, 0.1) is 0 Å². The minimum Gasteiger partial charge on any atom is -0.478 e. The molecule has 1 unspecified atom stereocenters. The van der Waals surface area contributed by atoms with Gasteiger partial charge in [0.1, 0.15) is 5.82 Å². The summed E-state index contributed by atoms with van der Waals surface area (Å²) in [4.78, 5) is 15.3. The van der Waals surface area contributed by atoms with Crippen molar-refractivity contribution in [3.8, 4) is 11.4 Å². The first-order chi connectivity index (χ1) is 9.13. The summed E-state index contributed by atoms with van der Waals surface area (Å²) in [5.41, 5.74) is 6.98. The standard InChI is InChI=1S/C13H14N4O2/c14-10-5-6-17-11(7-10)15-12(16-17)8-1-3-9(4-2-8)13(18)19/h1-4,10H,5-7,14H2,(H,18,19). The van der Waals surface area contributed by atoms with E-state index < -0.39 is 5.97 Å². The molecule has 0 saturated heterocycles. The van der Waals surface area contributed by atoms with Crippen molar-refractivity contribution in [3.05, 3.63) is 35.7 Å². The molecule has 1 aromatic carbocycles. The second-order valence-corrected chi connectivity index (χ2v) is 4.71. The number of hydrogen-bond acceptors (Lipinski definition) is 4. The molecule has 1 atom stereocenters. The van der Waals surface area contributed by atoms with Gasteiger partial charge in [0.2, 0.25) is 0 Å². The van der Waals surface area contributed by atoms with E-state index in [0.717, 1.165) is 30.8 Å². The van der Waals surface area contributed by atoms with Gasteiger partial charge >= 0.3 is 5.97 Å². The second kappa shape index (κ2) is 4.47. The van der Waals surface area contributed by atoms with Crippen LogP contribution in [0.4, 0.5) is 0 Å². The van der Waals surface area contributed by atoms with Crippen LogP contribution in [0.1, 0.15) is 22.6 Å². The van der Waals surface area contributed by atoms with E-state index in [0.29, 0.717) is 5.82 Å². The number of aromatic carboxylic acids is 1. The normalized spacial score (nSPS) is 18.1. The van der Waals surface area contributed by atoms with Crippen LogP contribution in [-0.4, -0.2) is 31.9 Å². The zero-order valence-electron chi connectivity index (χ0n) is 10.3. The maximum absolute atomic E-state index is 10.8. The summed E-state index contributed by atoms with van der Waals surface area (Å²) in [6.45, 7) is 0.788. The molecule has 0 spiro atoms. The molecule has 0 bridgehead atoms. The van der Waals surface area contributed by atoms with Gasteiger partial charge in [-0.1, -0.05) is 12.1 Å². The van der Waals surface area contributed by atoms with Crippen molar-refractivity contribution in [1.82, 2.24) is 14.8 Å². The summed E-state index contributed by atoms with van der Waals surface area (Å²) >= 11 is 0. The fourth-order valence-corrected chi connectivity index (χ4v) is 2.21. The molecular formula is C13H14N4O2. The molecular weight excluding hydrogens is 244 g/mol. The second-order valence-electron chi connectivity index (χ2n) is 4.71. The molecule has 19 heavy (non-hydrogen) atoms. The molecule has 0 amide bonds. The first-order valence-corrected chi connectivity index (χ1v) is 6.16. The SMILES string of the molecule is NC1CCn2nc(-c3ccc(C(=O)O)cc3)nc2C1. The number of fused-ring (bicyclic) bond motifs is 1. The molecule has 98 valence electrons. The van der Waals surface area contributed by atoms with E-state index in [1.807, 2.05) is 4.68 Å².